The molecule has 0 aliphatic carbocycles. The SMILES string of the molecule is Cl.N[C@@H](CC(=O)N1N=CCC1C(=O)NCc1ccccn1)Cc1cc(F)c(F)cc1F. The van der Waals surface area contributed by atoms with Crippen LogP contribution < -0.4 is 11.1 Å². The van der Waals surface area contributed by atoms with E-state index in [-0.39, 0.29) is 43.8 Å². The van der Waals surface area contributed by atoms with Gasteiger partial charge in [0.15, 0.2) is 11.6 Å². The predicted molar refractivity (Wildman–Crippen MR) is 110 cm³/mol. The average molecular weight is 456 g/mol. The summed E-state index contributed by atoms with van der Waals surface area (Å²) in [6.45, 7) is 0.202. The van der Waals surface area contributed by atoms with Crippen LogP contribution in [0.1, 0.15) is 24.1 Å². The number of aromatic nitrogens is 1. The number of benzene rings is 1. The van der Waals surface area contributed by atoms with Gasteiger partial charge >= 0.3 is 0 Å². The Hall–Kier alpha value is -2.98. The second-order valence-corrected chi connectivity index (χ2v) is 6.85. The Morgan fingerprint density at radius 1 is 1.19 bits per heavy atom. The van der Waals surface area contributed by atoms with Gasteiger partial charge in [-0.3, -0.25) is 14.6 Å². The van der Waals surface area contributed by atoms with Gasteiger partial charge in [-0.05, 0) is 30.2 Å². The highest BCUT2D eigenvalue weighted by Crippen LogP contribution is 2.18. The van der Waals surface area contributed by atoms with Crippen LogP contribution in [-0.4, -0.2) is 40.1 Å². The third kappa shape index (κ3) is 6.25. The highest BCUT2D eigenvalue weighted by Gasteiger charge is 2.33. The lowest BCUT2D eigenvalue weighted by Crippen LogP contribution is -2.46. The number of halogens is 4. The summed E-state index contributed by atoms with van der Waals surface area (Å²) in [4.78, 5) is 29.1. The highest BCUT2D eigenvalue weighted by atomic mass is 35.5. The first kappa shape index (κ1) is 24.3. The first-order valence-electron chi connectivity index (χ1n) is 9.26. The van der Waals surface area contributed by atoms with Gasteiger partial charge in [-0.2, -0.15) is 5.10 Å². The largest absolute Gasteiger partial charge is 0.349 e. The van der Waals surface area contributed by atoms with Gasteiger partial charge in [0.05, 0.1) is 12.2 Å². The summed E-state index contributed by atoms with van der Waals surface area (Å²) in [5.74, 6) is -4.36. The van der Waals surface area contributed by atoms with Gasteiger partial charge in [-0.15, -0.1) is 12.4 Å². The lowest BCUT2D eigenvalue weighted by atomic mass is 10.0. The van der Waals surface area contributed by atoms with E-state index in [1.807, 2.05) is 0 Å². The van der Waals surface area contributed by atoms with Crippen LogP contribution in [-0.2, 0) is 22.6 Å². The van der Waals surface area contributed by atoms with Crippen molar-refractivity contribution in [2.45, 2.75) is 37.9 Å². The molecule has 1 aromatic carbocycles. The second kappa shape index (κ2) is 10.9. The van der Waals surface area contributed by atoms with Crippen molar-refractivity contribution in [2.75, 3.05) is 0 Å². The lowest BCUT2D eigenvalue weighted by Gasteiger charge is -2.22. The first-order valence-corrected chi connectivity index (χ1v) is 9.26. The number of rotatable bonds is 7. The molecule has 7 nitrogen and oxygen atoms in total. The molecule has 2 heterocycles. The topological polar surface area (TPSA) is 101 Å². The van der Waals surface area contributed by atoms with Crippen LogP contribution >= 0.6 is 12.4 Å². The minimum atomic E-state index is -1.30. The molecule has 0 bridgehead atoms. The van der Waals surface area contributed by atoms with E-state index < -0.39 is 41.3 Å². The van der Waals surface area contributed by atoms with Crippen LogP contribution in [0.4, 0.5) is 13.2 Å². The van der Waals surface area contributed by atoms with Crippen molar-refractivity contribution in [1.82, 2.24) is 15.3 Å². The van der Waals surface area contributed by atoms with Crippen molar-refractivity contribution in [2.24, 2.45) is 10.8 Å². The Balaban J connectivity index is 0.00000341. The molecule has 31 heavy (non-hydrogen) atoms. The zero-order valence-electron chi connectivity index (χ0n) is 16.3. The van der Waals surface area contributed by atoms with Crippen molar-refractivity contribution >= 4 is 30.4 Å². The van der Waals surface area contributed by atoms with Crippen LogP contribution in [0.5, 0.6) is 0 Å². The maximum atomic E-state index is 13.8. The smallest absolute Gasteiger partial charge is 0.245 e. The number of hydrazone groups is 1. The molecule has 0 saturated heterocycles. The molecule has 3 rings (SSSR count). The summed E-state index contributed by atoms with van der Waals surface area (Å²) in [6.07, 6.45) is 2.87. The van der Waals surface area contributed by atoms with Crippen molar-refractivity contribution < 1.29 is 22.8 Å². The molecule has 166 valence electrons. The standard InChI is InChI=1S/C20H20F3N5O2.ClH/c21-15-10-17(23)16(22)8-12(15)7-13(24)9-19(29)28-18(4-6-27-28)20(30)26-11-14-3-1-2-5-25-14;/h1-3,5-6,8,10,13,18H,4,7,9,11,24H2,(H,26,30);1H/t13-,18?;/m1./s1. The minimum Gasteiger partial charge on any atom is -0.349 e. The number of carbonyl (C=O) groups is 2. The van der Waals surface area contributed by atoms with Crippen molar-refractivity contribution in [3.05, 3.63) is 65.2 Å². The summed E-state index contributed by atoms with van der Waals surface area (Å²) in [6, 6.07) is 4.76. The number of hydrogen-bond acceptors (Lipinski definition) is 5. The van der Waals surface area contributed by atoms with E-state index in [1.165, 1.54) is 6.21 Å². The maximum absolute atomic E-state index is 13.8. The molecule has 1 aliphatic heterocycles. The zero-order valence-corrected chi connectivity index (χ0v) is 17.1. The summed E-state index contributed by atoms with van der Waals surface area (Å²) < 4.78 is 40.1. The van der Waals surface area contributed by atoms with Crippen molar-refractivity contribution in [1.29, 1.82) is 0 Å². The third-order valence-corrected chi connectivity index (χ3v) is 4.57. The number of amides is 2. The molecule has 0 saturated carbocycles. The van der Waals surface area contributed by atoms with Gasteiger partial charge < -0.3 is 11.1 Å². The quantitative estimate of drug-likeness (QED) is 0.624. The number of nitrogens with two attached hydrogens (primary N) is 1. The number of nitrogens with zero attached hydrogens (tertiary/aromatic N) is 3. The lowest BCUT2D eigenvalue weighted by molar-refractivity contribution is -0.139. The van der Waals surface area contributed by atoms with Gasteiger partial charge in [0.1, 0.15) is 11.9 Å². The molecular formula is C20H21ClF3N5O2. The van der Waals surface area contributed by atoms with Crippen LogP contribution in [0, 0.1) is 17.5 Å². The van der Waals surface area contributed by atoms with Crippen LogP contribution in [0.3, 0.4) is 0 Å². The fourth-order valence-corrected chi connectivity index (χ4v) is 3.06. The molecule has 3 N–H and O–H groups in total. The molecular weight excluding hydrogens is 435 g/mol. The molecule has 11 heteroatoms. The summed E-state index contributed by atoms with van der Waals surface area (Å²) in [5.41, 5.74) is 6.43. The molecule has 0 spiro atoms. The number of carbonyl (C=O) groups excluding carboxylic acids is 2. The Bertz CT molecular complexity index is 961. The van der Waals surface area contributed by atoms with Gasteiger partial charge in [-0.1, -0.05) is 6.07 Å². The Morgan fingerprint density at radius 3 is 2.65 bits per heavy atom. The fourth-order valence-electron chi connectivity index (χ4n) is 3.06. The Kier molecular flexibility index (Phi) is 8.52. The van der Waals surface area contributed by atoms with Gasteiger partial charge in [0, 0.05) is 37.4 Å². The van der Waals surface area contributed by atoms with Crippen LogP contribution in [0.15, 0.2) is 41.6 Å². The van der Waals surface area contributed by atoms with Crippen LogP contribution in [0.2, 0.25) is 0 Å². The van der Waals surface area contributed by atoms with E-state index in [4.69, 9.17) is 5.73 Å². The molecule has 0 fully saturated rings. The van der Waals surface area contributed by atoms with E-state index in [1.54, 1.807) is 24.4 Å². The summed E-state index contributed by atoms with van der Waals surface area (Å²) in [5, 5.41) is 7.68. The molecule has 0 radical (unpaired) electrons. The Morgan fingerprint density at radius 2 is 1.94 bits per heavy atom. The third-order valence-electron chi connectivity index (χ3n) is 4.57. The first-order chi connectivity index (χ1) is 14.3. The highest BCUT2D eigenvalue weighted by molar-refractivity contribution is 5.91. The van der Waals surface area contributed by atoms with Crippen molar-refractivity contribution in [3.63, 3.8) is 0 Å². The number of hydrogen-bond donors (Lipinski definition) is 2. The monoisotopic (exact) mass is 455 g/mol. The molecule has 1 unspecified atom stereocenters. The van der Waals surface area contributed by atoms with E-state index in [2.05, 4.69) is 15.4 Å². The normalized spacial score (nSPS) is 16.0. The molecule has 1 aromatic heterocycles. The van der Waals surface area contributed by atoms with Gasteiger partial charge in [-0.25, -0.2) is 18.2 Å². The van der Waals surface area contributed by atoms with Crippen molar-refractivity contribution in [3.8, 4) is 0 Å². The van der Waals surface area contributed by atoms with E-state index in [9.17, 15) is 22.8 Å². The fraction of sp³-hybridized carbons (Fsp3) is 0.300. The summed E-state index contributed by atoms with van der Waals surface area (Å²) in [7, 11) is 0. The average Bonchev–Trinajstić information content (AvgIpc) is 3.21. The molecule has 1 aliphatic rings. The molecule has 2 aromatic rings. The Labute approximate surface area is 182 Å². The van der Waals surface area contributed by atoms with E-state index >= 15 is 0 Å². The van der Waals surface area contributed by atoms with Gasteiger partial charge in [0.25, 0.3) is 0 Å². The predicted octanol–water partition coefficient (Wildman–Crippen LogP) is 2.08. The maximum Gasteiger partial charge on any atom is 0.245 e. The second-order valence-electron chi connectivity index (χ2n) is 6.85. The number of pyridine rings is 1. The van der Waals surface area contributed by atoms with Gasteiger partial charge in [0.2, 0.25) is 11.8 Å². The minimum absolute atomic E-state index is 0. The van der Waals surface area contributed by atoms with E-state index in [0.29, 0.717) is 11.8 Å². The summed E-state index contributed by atoms with van der Waals surface area (Å²) >= 11 is 0. The zero-order chi connectivity index (χ0) is 21.7. The van der Waals surface area contributed by atoms with E-state index in [0.717, 1.165) is 11.1 Å². The molecule has 2 amide bonds. The number of nitrogens with one attached hydrogen (secondary N) is 1. The van der Waals surface area contributed by atoms with Crippen LogP contribution in [0.25, 0.3) is 0 Å². The molecule has 2 atom stereocenters.